The summed E-state index contributed by atoms with van der Waals surface area (Å²) in [5.74, 6) is -0.00827. The average molecular weight is 576 g/mol. The molecular formula is C37H41N3O3. The SMILES string of the molecule is COc1cccc([C@@H](c2ccc3c(c2)CN(Cc2cccc(C(=O)O)c2)C3)N2C[C@@H](C)N(Cc3ccccc3)C[C@@H]2C)c1. The molecule has 0 bridgehead atoms. The number of piperazine rings is 1. The lowest BCUT2D eigenvalue weighted by Gasteiger charge is -2.48. The Balaban J connectivity index is 1.26. The van der Waals surface area contributed by atoms with Gasteiger partial charge < -0.3 is 9.84 Å². The molecule has 4 aromatic carbocycles. The molecule has 1 fully saturated rings. The van der Waals surface area contributed by atoms with E-state index in [0.717, 1.165) is 50.6 Å². The maximum absolute atomic E-state index is 11.5. The van der Waals surface area contributed by atoms with Crippen LogP contribution in [0.4, 0.5) is 0 Å². The van der Waals surface area contributed by atoms with Crippen LogP contribution in [-0.4, -0.2) is 58.1 Å². The molecule has 43 heavy (non-hydrogen) atoms. The van der Waals surface area contributed by atoms with Gasteiger partial charge in [0.25, 0.3) is 0 Å². The molecule has 222 valence electrons. The molecule has 2 aliphatic rings. The maximum atomic E-state index is 11.5. The Bertz CT molecular complexity index is 1570. The lowest BCUT2D eigenvalue weighted by Crippen LogP contribution is -2.56. The van der Waals surface area contributed by atoms with Crippen molar-refractivity contribution in [2.45, 2.75) is 58.2 Å². The van der Waals surface area contributed by atoms with Gasteiger partial charge in [-0.25, -0.2) is 4.79 Å². The molecule has 6 nitrogen and oxygen atoms in total. The first-order chi connectivity index (χ1) is 20.9. The fourth-order valence-electron chi connectivity index (χ4n) is 6.84. The topological polar surface area (TPSA) is 56.2 Å². The number of carboxylic acids is 1. The monoisotopic (exact) mass is 575 g/mol. The summed E-state index contributed by atoms with van der Waals surface area (Å²) in [4.78, 5) is 19.1. The van der Waals surface area contributed by atoms with Crippen molar-refractivity contribution in [3.8, 4) is 5.75 Å². The zero-order valence-corrected chi connectivity index (χ0v) is 25.3. The smallest absolute Gasteiger partial charge is 0.335 e. The predicted octanol–water partition coefficient (Wildman–Crippen LogP) is 6.59. The standard InChI is InChI=1S/C37H41N3O3/c1-26-21-40(27(2)20-39(26)23-28-9-5-4-6-10-28)36(30-12-8-14-35(19-30)43-3)31-15-16-33-24-38(25-34(33)18-31)22-29-11-7-13-32(17-29)37(41)42/h4-19,26-27,36H,20-25H2,1-3H3,(H,41,42)/t26-,27+,36+/m1/s1. The third kappa shape index (κ3) is 6.52. The zero-order chi connectivity index (χ0) is 29.9. The van der Waals surface area contributed by atoms with Crippen molar-refractivity contribution in [3.63, 3.8) is 0 Å². The number of aromatic carboxylic acids is 1. The molecular weight excluding hydrogens is 534 g/mol. The number of methoxy groups -OCH3 is 1. The third-order valence-corrected chi connectivity index (χ3v) is 9.05. The van der Waals surface area contributed by atoms with Crippen molar-refractivity contribution < 1.29 is 14.6 Å². The molecule has 0 radical (unpaired) electrons. The first kappa shape index (κ1) is 29.1. The molecule has 0 aliphatic carbocycles. The minimum Gasteiger partial charge on any atom is -0.497 e. The molecule has 3 atom stereocenters. The molecule has 0 unspecified atom stereocenters. The number of hydrogen-bond acceptors (Lipinski definition) is 5. The Kier molecular flexibility index (Phi) is 8.61. The molecule has 6 rings (SSSR count). The van der Waals surface area contributed by atoms with Crippen molar-refractivity contribution in [3.05, 3.63) is 136 Å². The van der Waals surface area contributed by atoms with Crippen LogP contribution < -0.4 is 4.74 Å². The molecule has 2 heterocycles. The molecule has 0 saturated carbocycles. The van der Waals surface area contributed by atoms with Gasteiger partial charge in [-0.2, -0.15) is 0 Å². The van der Waals surface area contributed by atoms with Crippen LogP contribution in [0.3, 0.4) is 0 Å². The first-order valence-corrected chi connectivity index (χ1v) is 15.2. The minimum atomic E-state index is -0.885. The van der Waals surface area contributed by atoms with Crippen molar-refractivity contribution in [2.24, 2.45) is 0 Å². The van der Waals surface area contributed by atoms with Crippen LogP contribution in [-0.2, 0) is 26.2 Å². The number of benzene rings is 4. The summed E-state index contributed by atoms with van der Waals surface area (Å²) < 4.78 is 5.66. The molecule has 1 saturated heterocycles. The van der Waals surface area contributed by atoms with Gasteiger partial charge in [0.05, 0.1) is 18.7 Å². The number of hydrogen-bond donors (Lipinski definition) is 1. The van der Waals surface area contributed by atoms with Gasteiger partial charge in [0.15, 0.2) is 0 Å². The lowest BCUT2D eigenvalue weighted by atomic mass is 9.91. The first-order valence-electron chi connectivity index (χ1n) is 15.2. The molecule has 0 aromatic heterocycles. The van der Waals surface area contributed by atoms with Gasteiger partial charge in [0, 0.05) is 51.4 Å². The summed E-state index contributed by atoms with van der Waals surface area (Å²) >= 11 is 0. The highest BCUT2D eigenvalue weighted by Crippen LogP contribution is 2.37. The van der Waals surface area contributed by atoms with E-state index in [0.29, 0.717) is 17.6 Å². The quantitative estimate of drug-likeness (QED) is 0.243. The highest BCUT2D eigenvalue weighted by atomic mass is 16.5. The van der Waals surface area contributed by atoms with Gasteiger partial charge in [0.1, 0.15) is 5.75 Å². The van der Waals surface area contributed by atoms with Crippen LogP contribution in [0.15, 0.2) is 97.1 Å². The van der Waals surface area contributed by atoms with Crippen molar-refractivity contribution in [1.82, 2.24) is 14.7 Å². The Morgan fingerprint density at radius 1 is 0.791 bits per heavy atom. The maximum Gasteiger partial charge on any atom is 0.335 e. The fraction of sp³-hybridized carbons (Fsp3) is 0.324. The van der Waals surface area contributed by atoms with Crippen LogP contribution in [0, 0.1) is 0 Å². The number of rotatable bonds is 9. The number of nitrogens with zero attached hydrogens (tertiary/aromatic N) is 3. The lowest BCUT2D eigenvalue weighted by molar-refractivity contribution is 0.0195. The second-order valence-electron chi connectivity index (χ2n) is 12.2. The number of ether oxygens (including phenoxy) is 1. The van der Waals surface area contributed by atoms with Gasteiger partial charge in [0.2, 0.25) is 0 Å². The second kappa shape index (κ2) is 12.7. The summed E-state index contributed by atoms with van der Waals surface area (Å²) in [7, 11) is 1.73. The van der Waals surface area contributed by atoms with E-state index in [1.165, 1.54) is 27.8 Å². The van der Waals surface area contributed by atoms with Crippen LogP contribution in [0.5, 0.6) is 5.75 Å². The van der Waals surface area contributed by atoms with Crippen LogP contribution in [0.25, 0.3) is 0 Å². The van der Waals surface area contributed by atoms with Crippen LogP contribution in [0.2, 0.25) is 0 Å². The van der Waals surface area contributed by atoms with Gasteiger partial charge in [-0.15, -0.1) is 0 Å². The van der Waals surface area contributed by atoms with Gasteiger partial charge >= 0.3 is 5.97 Å². The van der Waals surface area contributed by atoms with Crippen LogP contribution in [0.1, 0.15) is 63.6 Å². The van der Waals surface area contributed by atoms with Gasteiger partial charge in [-0.1, -0.05) is 72.8 Å². The highest BCUT2D eigenvalue weighted by Gasteiger charge is 2.35. The number of fused-ring (bicyclic) bond motifs is 1. The summed E-state index contributed by atoms with van der Waals surface area (Å²) in [6, 6.07) is 34.5. The van der Waals surface area contributed by atoms with E-state index in [9.17, 15) is 9.90 Å². The number of carbonyl (C=O) groups is 1. The fourth-order valence-corrected chi connectivity index (χ4v) is 6.84. The van der Waals surface area contributed by atoms with E-state index in [1.807, 2.05) is 18.2 Å². The predicted molar refractivity (Wildman–Crippen MR) is 170 cm³/mol. The summed E-state index contributed by atoms with van der Waals surface area (Å²) in [5.41, 5.74) is 7.97. The summed E-state index contributed by atoms with van der Waals surface area (Å²) in [6.07, 6.45) is 0. The van der Waals surface area contributed by atoms with E-state index in [4.69, 9.17) is 4.74 Å². The molecule has 2 aliphatic heterocycles. The summed E-state index contributed by atoms with van der Waals surface area (Å²) in [5, 5.41) is 9.42. The Morgan fingerprint density at radius 2 is 1.53 bits per heavy atom. The van der Waals surface area contributed by atoms with E-state index in [-0.39, 0.29) is 6.04 Å². The molecule has 0 spiro atoms. The van der Waals surface area contributed by atoms with Crippen molar-refractivity contribution >= 4 is 5.97 Å². The van der Waals surface area contributed by atoms with E-state index >= 15 is 0 Å². The average Bonchev–Trinajstić information content (AvgIpc) is 3.42. The van der Waals surface area contributed by atoms with E-state index in [2.05, 4.69) is 95.3 Å². The van der Waals surface area contributed by atoms with Gasteiger partial charge in [-0.3, -0.25) is 14.7 Å². The Morgan fingerprint density at radius 3 is 2.33 bits per heavy atom. The van der Waals surface area contributed by atoms with Crippen molar-refractivity contribution in [2.75, 3.05) is 20.2 Å². The third-order valence-electron chi connectivity index (χ3n) is 9.05. The minimum absolute atomic E-state index is 0.109. The molecule has 4 aromatic rings. The number of carboxylic acid groups (broad SMARTS) is 1. The normalized spacial score (nSPS) is 20.1. The Labute approximate surface area is 255 Å². The second-order valence-corrected chi connectivity index (χ2v) is 12.2. The van der Waals surface area contributed by atoms with Gasteiger partial charge in [-0.05, 0) is 71.5 Å². The summed E-state index contributed by atoms with van der Waals surface area (Å²) in [6.45, 7) is 10.1. The van der Waals surface area contributed by atoms with Crippen LogP contribution >= 0.6 is 0 Å². The largest absolute Gasteiger partial charge is 0.497 e. The van der Waals surface area contributed by atoms with Crippen molar-refractivity contribution in [1.29, 1.82) is 0 Å². The molecule has 1 N–H and O–H groups in total. The Hall–Kier alpha value is -3.97. The highest BCUT2D eigenvalue weighted by molar-refractivity contribution is 5.87. The van der Waals surface area contributed by atoms with E-state index in [1.54, 1.807) is 19.2 Å². The molecule has 0 amide bonds. The molecule has 6 heteroatoms. The van der Waals surface area contributed by atoms with E-state index < -0.39 is 5.97 Å². The zero-order valence-electron chi connectivity index (χ0n) is 25.3.